The number of carbonyl (C=O) groups is 2. The van der Waals surface area contributed by atoms with Crippen LogP contribution in [0.3, 0.4) is 0 Å². The molecule has 154 valence electrons. The molecule has 2 fully saturated rings. The van der Waals surface area contributed by atoms with Crippen LogP contribution in [-0.2, 0) is 14.3 Å². The predicted molar refractivity (Wildman–Crippen MR) is 107 cm³/mol. The van der Waals surface area contributed by atoms with Gasteiger partial charge in [-0.05, 0) is 20.3 Å². The van der Waals surface area contributed by atoms with Gasteiger partial charge in [-0.3, -0.25) is 14.5 Å². The summed E-state index contributed by atoms with van der Waals surface area (Å²) >= 11 is 0. The van der Waals surface area contributed by atoms with Crippen LogP contribution in [0.1, 0.15) is 26.7 Å². The molecule has 7 nitrogen and oxygen atoms in total. The molecule has 2 aliphatic rings. The van der Waals surface area contributed by atoms with Crippen LogP contribution in [0.15, 0.2) is 0 Å². The first-order chi connectivity index (χ1) is 11.6. The molecule has 2 rings (SSSR count). The van der Waals surface area contributed by atoms with Crippen molar-refractivity contribution in [3.63, 3.8) is 0 Å². The number of halogens is 2. The van der Waals surface area contributed by atoms with Crippen LogP contribution >= 0.6 is 24.8 Å². The second-order valence-corrected chi connectivity index (χ2v) is 6.51. The van der Waals surface area contributed by atoms with Crippen molar-refractivity contribution >= 4 is 36.6 Å². The summed E-state index contributed by atoms with van der Waals surface area (Å²) in [6.07, 6.45) is 1.42. The van der Waals surface area contributed by atoms with Gasteiger partial charge in [0.2, 0.25) is 11.8 Å². The number of morpholine rings is 1. The molecule has 0 bridgehead atoms. The number of rotatable bonds is 6. The van der Waals surface area contributed by atoms with Crippen LogP contribution in [0.25, 0.3) is 0 Å². The van der Waals surface area contributed by atoms with Gasteiger partial charge < -0.3 is 19.9 Å². The number of likely N-dealkylation sites (N-methyl/N-ethyl adjacent to an activating group) is 1. The number of amides is 2. The number of carbonyl (C=O) groups excluding carboxylic acids is 2. The van der Waals surface area contributed by atoms with Gasteiger partial charge in [0.15, 0.2) is 0 Å². The summed E-state index contributed by atoms with van der Waals surface area (Å²) in [6.45, 7) is 11.3. The third-order valence-electron chi connectivity index (χ3n) is 4.84. The van der Waals surface area contributed by atoms with Crippen molar-refractivity contribution in [2.45, 2.75) is 32.7 Å². The highest BCUT2D eigenvalue weighted by atomic mass is 35.5. The van der Waals surface area contributed by atoms with Crippen molar-refractivity contribution < 1.29 is 14.3 Å². The topological polar surface area (TPSA) is 65.1 Å². The van der Waals surface area contributed by atoms with Crippen LogP contribution < -0.4 is 5.32 Å². The highest BCUT2D eigenvalue weighted by molar-refractivity contribution is 5.85. The number of nitrogens with one attached hydrogen (secondary N) is 1. The van der Waals surface area contributed by atoms with E-state index >= 15 is 0 Å². The van der Waals surface area contributed by atoms with Crippen molar-refractivity contribution in [3.05, 3.63) is 0 Å². The number of hydrogen-bond acceptors (Lipinski definition) is 5. The van der Waals surface area contributed by atoms with Crippen molar-refractivity contribution in [3.8, 4) is 0 Å². The molecular weight excluding hydrogens is 379 g/mol. The van der Waals surface area contributed by atoms with Gasteiger partial charge in [0.05, 0.1) is 19.8 Å². The summed E-state index contributed by atoms with van der Waals surface area (Å²) in [7, 11) is 0. The highest BCUT2D eigenvalue weighted by Crippen LogP contribution is 2.08. The van der Waals surface area contributed by atoms with Crippen LogP contribution in [-0.4, -0.2) is 98.1 Å². The van der Waals surface area contributed by atoms with Crippen LogP contribution in [0.5, 0.6) is 0 Å². The Morgan fingerprint density at radius 3 is 2.46 bits per heavy atom. The van der Waals surface area contributed by atoms with Crippen molar-refractivity contribution in [2.24, 2.45) is 0 Å². The molecule has 26 heavy (non-hydrogen) atoms. The molecule has 2 amide bonds. The molecular formula is C17H34Cl2N4O3. The molecule has 2 saturated heterocycles. The molecule has 0 spiro atoms. The summed E-state index contributed by atoms with van der Waals surface area (Å²) in [5, 5.41) is 3.33. The molecule has 9 heteroatoms. The first-order valence-corrected chi connectivity index (χ1v) is 9.23. The molecule has 0 aromatic rings. The number of nitrogens with zero attached hydrogens (tertiary/aromatic N) is 3. The van der Waals surface area contributed by atoms with Gasteiger partial charge in [0.1, 0.15) is 0 Å². The largest absolute Gasteiger partial charge is 0.378 e. The van der Waals surface area contributed by atoms with E-state index in [9.17, 15) is 9.59 Å². The lowest BCUT2D eigenvalue weighted by molar-refractivity contribution is -0.132. The van der Waals surface area contributed by atoms with Gasteiger partial charge in [-0.25, -0.2) is 0 Å². The fourth-order valence-corrected chi connectivity index (χ4v) is 3.34. The quantitative estimate of drug-likeness (QED) is 0.692. The van der Waals surface area contributed by atoms with E-state index in [1.807, 2.05) is 23.6 Å². The minimum absolute atomic E-state index is 0. The first kappa shape index (κ1) is 25.4. The molecule has 1 unspecified atom stereocenters. The smallest absolute Gasteiger partial charge is 0.236 e. The van der Waals surface area contributed by atoms with E-state index in [0.717, 1.165) is 52.3 Å². The molecule has 2 aliphatic heterocycles. The summed E-state index contributed by atoms with van der Waals surface area (Å²) in [4.78, 5) is 30.7. The average Bonchev–Trinajstić information content (AvgIpc) is 2.82. The Balaban J connectivity index is 0.00000312. The highest BCUT2D eigenvalue weighted by Gasteiger charge is 2.24. The maximum absolute atomic E-state index is 12.5. The average molecular weight is 413 g/mol. The van der Waals surface area contributed by atoms with E-state index in [1.54, 1.807) is 0 Å². The second kappa shape index (κ2) is 13.6. The van der Waals surface area contributed by atoms with Gasteiger partial charge in [-0.15, -0.1) is 24.8 Å². The fraction of sp³-hybridized carbons (Fsp3) is 0.882. The van der Waals surface area contributed by atoms with Crippen molar-refractivity contribution in [1.29, 1.82) is 0 Å². The zero-order valence-corrected chi connectivity index (χ0v) is 17.6. The number of hydrogen-bond donors (Lipinski definition) is 1. The maximum Gasteiger partial charge on any atom is 0.236 e. The molecule has 0 aromatic carbocycles. The molecule has 0 aliphatic carbocycles. The normalized spacial score (nSPS) is 21.2. The van der Waals surface area contributed by atoms with E-state index in [-0.39, 0.29) is 42.7 Å². The fourth-order valence-electron chi connectivity index (χ4n) is 3.34. The van der Waals surface area contributed by atoms with E-state index < -0.39 is 0 Å². The lowest BCUT2D eigenvalue weighted by Crippen LogP contribution is -2.46. The standard InChI is InChI=1S/C17H32N4O3.2ClH/c1-3-20(4-2)17(23)13-19-7-5-8-21(10-9-19)16(22)12-15-14-24-11-6-18-15;;/h15,18H,3-14H2,1-2H3;2*1H. The Morgan fingerprint density at radius 1 is 1.12 bits per heavy atom. The molecule has 0 aromatic heterocycles. The summed E-state index contributed by atoms with van der Waals surface area (Å²) in [6, 6.07) is 0.134. The Kier molecular flexibility index (Phi) is 13.2. The van der Waals surface area contributed by atoms with Crippen LogP contribution in [0, 0.1) is 0 Å². The molecule has 1 atom stereocenters. The van der Waals surface area contributed by atoms with Crippen LogP contribution in [0.2, 0.25) is 0 Å². The molecule has 2 heterocycles. The Labute approximate surface area is 169 Å². The monoisotopic (exact) mass is 412 g/mol. The third-order valence-corrected chi connectivity index (χ3v) is 4.84. The molecule has 1 N–H and O–H groups in total. The Morgan fingerprint density at radius 2 is 1.85 bits per heavy atom. The minimum Gasteiger partial charge on any atom is -0.378 e. The Hall–Kier alpha value is -0.600. The lowest BCUT2D eigenvalue weighted by atomic mass is 10.1. The van der Waals surface area contributed by atoms with Gasteiger partial charge >= 0.3 is 0 Å². The van der Waals surface area contributed by atoms with E-state index in [2.05, 4.69) is 10.2 Å². The Bertz CT molecular complexity index is 419. The summed E-state index contributed by atoms with van der Waals surface area (Å²) < 4.78 is 5.42. The van der Waals surface area contributed by atoms with Gasteiger partial charge in [-0.1, -0.05) is 0 Å². The maximum atomic E-state index is 12.5. The van der Waals surface area contributed by atoms with Crippen LogP contribution in [0.4, 0.5) is 0 Å². The molecule has 0 saturated carbocycles. The number of ether oxygens (including phenoxy) is 1. The molecule has 0 radical (unpaired) electrons. The van der Waals surface area contributed by atoms with Gasteiger partial charge in [0, 0.05) is 58.3 Å². The zero-order chi connectivity index (χ0) is 17.4. The minimum atomic E-state index is 0. The van der Waals surface area contributed by atoms with E-state index in [4.69, 9.17) is 4.74 Å². The SMILES string of the molecule is CCN(CC)C(=O)CN1CCCN(C(=O)CC2COCCN2)CC1.Cl.Cl. The summed E-state index contributed by atoms with van der Waals surface area (Å²) in [5.74, 6) is 0.373. The zero-order valence-electron chi connectivity index (χ0n) is 15.9. The first-order valence-electron chi connectivity index (χ1n) is 9.23. The van der Waals surface area contributed by atoms with E-state index in [0.29, 0.717) is 26.1 Å². The van der Waals surface area contributed by atoms with E-state index in [1.165, 1.54) is 0 Å². The van der Waals surface area contributed by atoms with Gasteiger partial charge in [0.25, 0.3) is 0 Å². The van der Waals surface area contributed by atoms with Crippen molar-refractivity contribution in [2.75, 3.05) is 65.6 Å². The lowest BCUT2D eigenvalue weighted by Gasteiger charge is -2.27. The third kappa shape index (κ3) is 7.96. The van der Waals surface area contributed by atoms with Gasteiger partial charge in [-0.2, -0.15) is 0 Å². The predicted octanol–water partition coefficient (Wildman–Crippen LogP) is 0.611. The van der Waals surface area contributed by atoms with Crippen molar-refractivity contribution in [1.82, 2.24) is 20.0 Å². The summed E-state index contributed by atoms with van der Waals surface area (Å²) in [5.41, 5.74) is 0. The second-order valence-electron chi connectivity index (χ2n) is 6.51.